The molecule has 1 aromatic carbocycles. The van der Waals surface area contributed by atoms with E-state index in [0.717, 1.165) is 0 Å². The number of halogens is 2. The van der Waals surface area contributed by atoms with Gasteiger partial charge in [0, 0.05) is 30.3 Å². The van der Waals surface area contributed by atoms with Crippen LogP contribution in [-0.2, 0) is 13.5 Å². The summed E-state index contributed by atoms with van der Waals surface area (Å²) in [5.41, 5.74) is 1.21. The van der Waals surface area contributed by atoms with Crippen molar-refractivity contribution in [1.29, 1.82) is 0 Å². The first-order chi connectivity index (χ1) is 9.52. The second-order valence-electron chi connectivity index (χ2n) is 4.43. The lowest BCUT2D eigenvalue weighted by atomic mass is 10.1. The van der Waals surface area contributed by atoms with E-state index in [4.69, 9.17) is 18.2 Å². The van der Waals surface area contributed by atoms with Crippen LogP contribution in [0.15, 0.2) is 30.5 Å². The predicted octanol–water partition coefficient (Wildman–Crippen LogP) is 4.18. The second-order valence-corrected chi connectivity index (χ2v) is 4.84. The Morgan fingerprint density at radius 2 is 2.25 bits per heavy atom. The van der Waals surface area contributed by atoms with Crippen LogP contribution in [0.4, 0.5) is 10.1 Å². The molecule has 0 saturated heterocycles. The molecule has 0 spiro atoms. The summed E-state index contributed by atoms with van der Waals surface area (Å²) < 4.78 is 15.2. The number of ketones is 1. The van der Waals surface area contributed by atoms with E-state index in [1.807, 2.05) is 0 Å². The topological polar surface area (TPSA) is 26.4 Å². The number of aromatic nitrogens is 1. The maximum atomic E-state index is 13.6. The van der Waals surface area contributed by atoms with Gasteiger partial charge in [-0.15, -0.1) is 0 Å². The largest absolute Gasteiger partial charge is 0.359 e. The van der Waals surface area contributed by atoms with Gasteiger partial charge in [-0.2, -0.15) is 0 Å². The fraction of sp³-hybridized carbons (Fsp3) is 0.200. The number of rotatable bonds is 4. The Hall–Kier alpha value is -2.12. The molecule has 0 N–H and O–H groups in total. The molecule has 2 aromatic rings. The fourth-order valence-corrected chi connectivity index (χ4v) is 2.28. The summed E-state index contributed by atoms with van der Waals surface area (Å²) in [5, 5.41) is 0.325. The normalized spacial score (nSPS) is 10.3. The average molecular weight is 291 g/mol. The van der Waals surface area contributed by atoms with Crippen molar-refractivity contribution in [2.75, 3.05) is 0 Å². The molecule has 0 radical (unpaired) electrons. The van der Waals surface area contributed by atoms with Crippen molar-refractivity contribution in [2.24, 2.45) is 7.05 Å². The van der Waals surface area contributed by atoms with Crippen molar-refractivity contribution in [3.05, 3.63) is 64.0 Å². The van der Waals surface area contributed by atoms with Gasteiger partial charge in [0.25, 0.3) is 0 Å². The Labute approximate surface area is 121 Å². The Balaban J connectivity index is 2.13. The number of Topliss-reactive ketones (excluding diaryl/α,β-unsaturated/α-hetero) is 1. The predicted molar refractivity (Wildman–Crippen MR) is 75.7 cm³/mol. The smallest absolute Gasteiger partial charge is 0.205 e. The van der Waals surface area contributed by atoms with Crippen LogP contribution < -0.4 is 0 Å². The molecule has 20 heavy (non-hydrogen) atoms. The molecule has 0 fully saturated rings. The van der Waals surface area contributed by atoms with E-state index in [0.29, 0.717) is 22.0 Å². The van der Waals surface area contributed by atoms with Crippen molar-refractivity contribution in [3.63, 3.8) is 0 Å². The number of hydrogen-bond acceptors (Lipinski definition) is 1. The summed E-state index contributed by atoms with van der Waals surface area (Å²) in [6.45, 7) is 6.92. The molecule has 102 valence electrons. The van der Waals surface area contributed by atoms with Crippen LogP contribution in [0.3, 0.4) is 0 Å². The van der Waals surface area contributed by atoms with Crippen LogP contribution in [0, 0.1) is 12.4 Å². The van der Waals surface area contributed by atoms with E-state index in [2.05, 4.69) is 4.85 Å². The van der Waals surface area contributed by atoms with Crippen molar-refractivity contribution in [1.82, 2.24) is 4.57 Å². The van der Waals surface area contributed by atoms with Gasteiger partial charge in [0.05, 0.1) is 12.3 Å². The van der Waals surface area contributed by atoms with Gasteiger partial charge >= 0.3 is 0 Å². The molecule has 5 heteroatoms. The van der Waals surface area contributed by atoms with Crippen LogP contribution in [0.2, 0.25) is 5.02 Å². The summed E-state index contributed by atoms with van der Waals surface area (Å²) in [6, 6.07) is 6.00. The molecule has 1 heterocycles. The van der Waals surface area contributed by atoms with E-state index >= 15 is 0 Å². The first-order valence-corrected chi connectivity index (χ1v) is 6.40. The molecule has 3 nitrogen and oxygen atoms in total. The lowest BCUT2D eigenvalue weighted by Gasteiger charge is -2.06. The summed E-state index contributed by atoms with van der Waals surface area (Å²) in [7, 11) is 1.71. The highest BCUT2D eigenvalue weighted by Gasteiger charge is 2.14. The zero-order chi connectivity index (χ0) is 14.7. The molecule has 2 rings (SSSR count). The van der Waals surface area contributed by atoms with Gasteiger partial charge in [-0.25, -0.2) is 9.24 Å². The minimum absolute atomic E-state index is 0.137. The minimum atomic E-state index is -0.404. The summed E-state index contributed by atoms with van der Waals surface area (Å²) >= 11 is 5.92. The Morgan fingerprint density at radius 3 is 2.85 bits per heavy atom. The van der Waals surface area contributed by atoms with Crippen LogP contribution >= 0.6 is 11.6 Å². The first-order valence-electron chi connectivity index (χ1n) is 6.03. The number of benzene rings is 1. The summed E-state index contributed by atoms with van der Waals surface area (Å²) in [6.07, 6.45) is 1.98. The standard InChI is InChI=1S/C15H12ClFN2O/c1-18-10-8-14(19(2)9-10)15(20)7-6-11-12(16)4-3-5-13(11)17/h3-5,8-9H,6-7H2,2H3. The van der Waals surface area contributed by atoms with Gasteiger partial charge in [-0.3, -0.25) is 4.79 Å². The van der Waals surface area contributed by atoms with E-state index in [1.54, 1.807) is 23.9 Å². The van der Waals surface area contributed by atoms with Crippen molar-refractivity contribution in [2.45, 2.75) is 12.8 Å². The fourth-order valence-electron chi connectivity index (χ4n) is 2.02. The Morgan fingerprint density at radius 1 is 1.50 bits per heavy atom. The monoisotopic (exact) mass is 290 g/mol. The zero-order valence-electron chi connectivity index (χ0n) is 10.9. The maximum absolute atomic E-state index is 13.6. The lowest BCUT2D eigenvalue weighted by Crippen LogP contribution is -2.07. The molecular formula is C15H12ClFN2O. The van der Waals surface area contributed by atoms with Gasteiger partial charge in [-0.1, -0.05) is 17.7 Å². The summed E-state index contributed by atoms with van der Waals surface area (Å²) in [5.74, 6) is -0.541. The molecule has 1 aromatic heterocycles. The SMILES string of the molecule is [C-]#[N+]c1cc(C(=O)CCc2c(F)cccc2Cl)n(C)c1. The zero-order valence-corrected chi connectivity index (χ0v) is 11.6. The van der Waals surface area contributed by atoms with E-state index in [1.165, 1.54) is 18.2 Å². The number of carbonyl (C=O) groups is 1. The van der Waals surface area contributed by atoms with Gasteiger partial charge in [-0.05, 0) is 24.6 Å². The third-order valence-electron chi connectivity index (χ3n) is 3.07. The van der Waals surface area contributed by atoms with Crippen LogP contribution in [0.5, 0.6) is 0 Å². The average Bonchev–Trinajstić information content (AvgIpc) is 2.79. The molecule has 0 saturated carbocycles. The highest BCUT2D eigenvalue weighted by molar-refractivity contribution is 6.31. The van der Waals surface area contributed by atoms with Crippen molar-refractivity contribution >= 4 is 23.1 Å². The van der Waals surface area contributed by atoms with E-state index < -0.39 is 5.82 Å². The molecule has 0 unspecified atom stereocenters. The first kappa shape index (κ1) is 14.3. The second kappa shape index (κ2) is 5.89. The van der Waals surface area contributed by atoms with Crippen molar-refractivity contribution < 1.29 is 9.18 Å². The molecule has 0 aliphatic carbocycles. The van der Waals surface area contributed by atoms with Gasteiger partial charge in [0.2, 0.25) is 5.69 Å². The van der Waals surface area contributed by atoms with Crippen LogP contribution in [-0.4, -0.2) is 10.4 Å². The molecule has 0 aliphatic rings. The number of aryl methyl sites for hydroxylation is 1. The minimum Gasteiger partial charge on any atom is -0.359 e. The number of hydrogen-bond donors (Lipinski definition) is 0. The van der Waals surface area contributed by atoms with Gasteiger partial charge < -0.3 is 4.57 Å². The molecule has 0 amide bonds. The number of nitrogens with zero attached hydrogens (tertiary/aromatic N) is 2. The lowest BCUT2D eigenvalue weighted by molar-refractivity contribution is 0.0975. The van der Waals surface area contributed by atoms with E-state index in [-0.39, 0.29) is 18.6 Å². The molecular weight excluding hydrogens is 279 g/mol. The third kappa shape index (κ3) is 2.89. The highest BCUT2D eigenvalue weighted by Crippen LogP contribution is 2.22. The Bertz CT molecular complexity index is 680. The summed E-state index contributed by atoms with van der Waals surface area (Å²) in [4.78, 5) is 15.4. The van der Waals surface area contributed by atoms with Gasteiger partial charge in [0.1, 0.15) is 5.82 Å². The third-order valence-corrected chi connectivity index (χ3v) is 3.42. The molecule has 0 atom stereocenters. The molecule has 0 bridgehead atoms. The molecule has 0 aliphatic heterocycles. The maximum Gasteiger partial charge on any atom is 0.205 e. The van der Waals surface area contributed by atoms with Crippen LogP contribution in [0.1, 0.15) is 22.5 Å². The van der Waals surface area contributed by atoms with Crippen molar-refractivity contribution in [3.8, 4) is 0 Å². The van der Waals surface area contributed by atoms with Crippen LogP contribution in [0.25, 0.3) is 4.85 Å². The quantitative estimate of drug-likeness (QED) is 0.613. The number of carbonyl (C=O) groups excluding carboxylic acids is 1. The van der Waals surface area contributed by atoms with E-state index in [9.17, 15) is 9.18 Å². The van der Waals surface area contributed by atoms with Gasteiger partial charge in [0.15, 0.2) is 5.78 Å². The highest BCUT2D eigenvalue weighted by atomic mass is 35.5. The Kier molecular flexibility index (Phi) is 4.21.